The number of phenolic OH excluding ortho intramolecular Hbond substituents is 1. The molecule has 0 fully saturated rings. The average molecular weight is 188 g/mol. The lowest BCUT2D eigenvalue weighted by atomic mass is 10.1. The summed E-state index contributed by atoms with van der Waals surface area (Å²) in [7, 11) is 0. The molecule has 0 aliphatic heterocycles. The first-order valence-corrected chi connectivity index (χ1v) is 4.66. The normalized spacial score (nSPS) is 10.4. The Labute approximate surface area is 82.8 Å². The predicted octanol–water partition coefficient (Wildman–Crippen LogP) is 2.94. The molecular weight excluding hydrogens is 176 g/mol. The van der Waals surface area contributed by atoms with E-state index in [1.165, 1.54) is 0 Å². The Hall–Kier alpha value is -1.70. The van der Waals surface area contributed by atoms with Gasteiger partial charge in [0.25, 0.3) is 0 Å². The lowest BCUT2D eigenvalue weighted by Crippen LogP contribution is -1.91. The van der Waals surface area contributed by atoms with Gasteiger partial charge in [0, 0.05) is 10.8 Å². The zero-order valence-corrected chi connectivity index (χ0v) is 8.03. The van der Waals surface area contributed by atoms with Gasteiger partial charge >= 0.3 is 0 Å². The molecule has 1 N–H and O–H groups in total. The number of benzene rings is 2. The van der Waals surface area contributed by atoms with Crippen molar-refractivity contribution in [3.8, 4) is 11.5 Å². The zero-order valence-electron chi connectivity index (χ0n) is 8.03. The molecule has 0 aliphatic carbocycles. The Balaban J connectivity index is 2.68. The third kappa shape index (κ3) is 1.39. The Bertz CT molecular complexity index is 449. The molecule has 0 radical (unpaired) electrons. The van der Waals surface area contributed by atoms with E-state index in [0.717, 1.165) is 16.5 Å². The summed E-state index contributed by atoms with van der Waals surface area (Å²) in [5.74, 6) is 1.12. The highest BCUT2D eigenvalue weighted by Gasteiger charge is 2.03. The highest BCUT2D eigenvalue weighted by atomic mass is 16.5. The van der Waals surface area contributed by atoms with Gasteiger partial charge in [-0.1, -0.05) is 24.3 Å². The van der Waals surface area contributed by atoms with Crippen LogP contribution in [-0.2, 0) is 0 Å². The number of ether oxygens (including phenoxy) is 1. The molecule has 0 saturated heterocycles. The van der Waals surface area contributed by atoms with E-state index in [-0.39, 0.29) is 0 Å². The minimum Gasteiger partial charge on any atom is -0.507 e. The smallest absolute Gasteiger partial charge is 0.127 e. The van der Waals surface area contributed by atoms with Crippen LogP contribution in [0.1, 0.15) is 6.92 Å². The second kappa shape index (κ2) is 3.58. The van der Waals surface area contributed by atoms with Crippen molar-refractivity contribution in [2.75, 3.05) is 6.61 Å². The molecule has 14 heavy (non-hydrogen) atoms. The molecule has 2 aromatic rings. The summed E-state index contributed by atoms with van der Waals surface area (Å²) in [5, 5.41) is 11.4. The first-order chi connectivity index (χ1) is 6.83. The van der Waals surface area contributed by atoms with Crippen molar-refractivity contribution in [3.63, 3.8) is 0 Å². The first kappa shape index (κ1) is 8.88. The molecule has 2 nitrogen and oxygen atoms in total. The molecule has 0 atom stereocenters. The summed E-state index contributed by atoms with van der Waals surface area (Å²) >= 11 is 0. The lowest BCUT2D eigenvalue weighted by molar-refractivity contribution is 0.344. The van der Waals surface area contributed by atoms with Crippen LogP contribution in [-0.4, -0.2) is 11.7 Å². The van der Waals surface area contributed by atoms with E-state index in [4.69, 9.17) is 4.74 Å². The van der Waals surface area contributed by atoms with Crippen LogP contribution in [0.2, 0.25) is 0 Å². The van der Waals surface area contributed by atoms with Crippen LogP contribution >= 0.6 is 0 Å². The van der Waals surface area contributed by atoms with Crippen molar-refractivity contribution in [2.24, 2.45) is 0 Å². The van der Waals surface area contributed by atoms with Crippen molar-refractivity contribution < 1.29 is 9.84 Å². The van der Waals surface area contributed by atoms with E-state index in [2.05, 4.69) is 0 Å². The quantitative estimate of drug-likeness (QED) is 0.785. The van der Waals surface area contributed by atoms with Gasteiger partial charge in [-0.15, -0.1) is 0 Å². The van der Waals surface area contributed by atoms with Gasteiger partial charge in [0.2, 0.25) is 0 Å². The van der Waals surface area contributed by atoms with Crippen LogP contribution in [0, 0.1) is 0 Å². The van der Waals surface area contributed by atoms with Crippen molar-refractivity contribution in [1.82, 2.24) is 0 Å². The Kier molecular flexibility index (Phi) is 2.27. The summed E-state index contributed by atoms with van der Waals surface area (Å²) in [6.07, 6.45) is 0. The van der Waals surface area contributed by atoms with Gasteiger partial charge in [-0.05, 0) is 19.1 Å². The largest absolute Gasteiger partial charge is 0.507 e. The van der Waals surface area contributed by atoms with E-state index in [1.807, 2.05) is 37.3 Å². The van der Waals surface area contributed by atoms with E-state index in [0.29, 0.717) is 12.4 Å². The summed E-state index contributed by atoms with van der Waals surface area (Å²) in [5.41, 5.74) is 0. The van der Waals surface area contributed by atoms with Crippen LogP contribution < -0.4 is 4.74 Å². The second-order valence-electron chi connectivity index (χ2n) is 3.06. The van der Waals surface area contributed by atoms with E-state index < -0.39 is 0 Å². The molecule has 0 heterocycles. The molecule has 72 valence electrons. The van der Waals surface area contributed by atoms with Crippen molar-refractivity contribution in [1.29, 1.82) is 0 Å². The average Bonchev–Trinajstić information content (AvgIpc) is 2.20. The van der Waals surface area contributed by atoms with Crippen LogP contribution in [0.4, 0.5) is 0 Å². The predicted molar refractivity (Wildman–Crippen MR) is 56.8 cm³/mol. The maximum atomic E-state index is 9.61. The minimum atomic E-state index is 0.295. The summed E-state index contributed by atoms with van der Waals surface area (Å²) in [4.78, 5) is 0. The maximum absolute atomic E-state index is 9.61. The van der Waals surface area contributed by atoms with Gasteiger partial charge in [0.05, 0.1) is 6.61 Å². The Morgan fingerprint density at radius 1 is 1.07 bits per heavy atom. The van der Waals surface area contributed by atoms with Crippen LogP contribution in [0.25, 0.3) is 10.8 Å². The monoisotopic (exact) mass is 188 g/mol. The molecule has 0 saturated carbocycles. The standard InChI is InChI=1S/C12H12O2/c1-2-14-12-8-4-5-9-10(12)6-3-7-11(9)13/h3-8,13H,2H2,1H3. The number of hydrogen-bond acceptors (Lipinski definition) is 2. The van der Waals surface area contributed by atoms with E-state index in [1.54, 1.807) is 6.07 Å². The topological polar surface area (TPSA) is 29.5 Å². The van der Waals surface area contributed by atoms with Crippen LogP contribution in [0.3, 0.4) is 0 Å². The van der Waals surface area contributed by atoms with Crippen molar-refractivity contribution >= 4 is 10.8 Å². The second-order valence-corrected chi connectivity index (χ2v) is 3.06. The first-order valence-electron chi connectivity index (χ1n) is 4.66. The Morgan fingerprint density at radius 2 is 1.79 bits per heavy atom. The summed E-state index contributed by atoms with van der Waals surface area (Å²) in [6.45, 7) is 2.58. The van der Waals surface area contributed by atoms with Crippen LogP contribution in [0.5, 0.6) is 11.5 Å². The summed E-state index contributed by atoms with van der Waals surface area (Å²) < 4.78 is 5.46. The number of hydrogen-bond donors (Lipinski definition) is 1. The molecule has 2 rings (SSSR count). The number of rotatable bonds is 2. The number of fused-ring (bicyclic) bond motifs is 1. The van der Waals surface area contributed by atoms with Crippen molar-refractivity contribution in [2.45, 2.75) is 6.92 Å². The highest BCUT2D eigenvalue weighted by Crippen LogP contribution is 2.30. The molecule has 0 unspecified atom stereocenters. The fourth-order valence-electron chi connectivity index (χ4n) is 1.55. The molecular formula is C12H12O2. The van der Waals surface area contributed by atoms with E-state index >= 15 is 0 Å². The van der Waals surface area contributed by atoms with Gasteiger partial charge in [0.1, 0.15) is 11.5 Å². The minimum absolute atomic E-state index is 0.295. The highest BCUT2D eigenvalue weighted by molar-refractivity contribution is 5.92. The van der Waals surface area contributed by atoms with Gasteiger partial charge in [0.15, 0.2) is 0 Å². The third-order valence-electron chi connectivity index (χ3n) is 2.16. The number of aromatic hydroxyl groups is 1. The Morgan fingerprint density at radius 3 is 2.57 bits per heavy atom. The molecule has 0 amide bonds. The molecule has 0 aromatic heterocycles. The molecule has 0 spiro atoms. The SMILES string of the molecule is CCOc1cccc2c(O)cccc12. The van der Waals surface area contributed by atoms with Gasteiger partial charge in [-0.25, -0.2) is 0 Å². The van der Waals surface area contributed by atoms with Gasteiger partial charge in [-0.3, -0.25) is 0 Å². The van der Waals surface area contributed by atoms with Gasteiger partial charge in [-0.2, -0.15) is 0 Å². The van der Waals surface area contributed by atoms with Gasteiger partial charge < -0.3 is 9.84 Å². The lowest BCUT2D eigenvalue weighted by Gasteiger charge is -2.07. The fourth-order valence-corrected chi connectivity index (χ4v) is 1.55. The summed E-state index contributed by atoms with van der Waals surface area (Å²) in [6, 6.07) is 11.1. The zero-order chi connectivity index (χ0) is 9.97. The molecule has 2 heteroatoms. The molecule has 2 aromatic carbocycles. The van der Waals surface area contributed by atoms with E-state index in [9.17, 15) is 5.11 Å². The van der Waals surface area contributed by atoms with Crippen LogP contribution in [0.15, 0.2) is 36.4 Å². The van der Waals surface area contributed by atoms with Crippen molar-refractivity contribution in [3.05, 3.63) is 36.4 Å². The maximum Gasteiger partial charge on any atom is 0.127 e. The molecule has 0 aliphatic rings. The third-order valence-corrected chi connectivity index (χ3v) is 2.16. The fraction of sp³-hybridized carbons (Fsp3) is 0.167. The number of phenols is 1. The molecule has 0 bridgehead atoms.